The lowest BCUT2D eigenvalue weighted by atomic mass is 10.1. The fraction of sp³-hybridized carbons (Fsp3) is 0. The van der Waals surface area contributed by atoms with Crippen LogP contribution in [0.1, 0.15) is 15.9 Å². The van der Waals surface area contributed by atoms with Crippen LogP contribution in [0.5, 0.6) is 5.75 Å². The van der Waals surface area contributed by atoms with Gasteiger partial charge in [0.1, 0.15) is 17.4 Å². The van der Waals surface area contributed by atoms with Crippen molar-refractivity contribution >= 4 is 11.9 Å². The van der Waals surface area contributed by atoms with Crippen LogP contribution in [0.25, 0.3) is 6.08 Å². The van der Waals surface area contributed by atoms with Crippen molar-refractivity contribution in [3.8, 4) is 5.75 Å². The molecule has 0 spiro atoms. The van der Waals surface area contributed by atoms with Gasteiger partial charge >= 0.3 is 0 Å². The van der Waals surface area contributed by atoms with Gasteiger partial charge in [-0.15, -0.1) is 0 Å². The molecule has 0 atom stereocenters. The monoisotopic (exact) mass is 260 g/mol. The van der Waals surface area contributed by atoms with Crippen LogP contribution < -0.4 is 0 Å². The summed E-state index contributed by atoms with van der Waals surface area (Å²) < 4.78 is 26.1. The molecular weight excluding hydrogens is 250 g/mol. The second-order valence-corrected chi connectivity index (χ2v) is 3.88. The predicted octanol–water partition coefficient (Wildman–Crippen LogP) is 3.57. The smallest absolute Gasteiger partial charge is 0.192 e. The minimum atomic E-state index is -0.784. The number of halogens is 2. The van der Waals surface area contributed by atoms with Crippen molar-refractivity contribution in [1.82, 2.24) is 0 Å². The van der Waals surface area contributed by atoms with Crippen molar-refractivity contribution in [1.29, 1.82) is 0 Å². The van der Waals surface area contributed by atoms with E-state index in [2.05, 4.69) is 0 Å². The summed E-state index contributed by atoms with van der Waals surface area (Å²) in [6.07, 6.45) is 2.55. The number of aromatic hydroxyl groups is 1. The number of ketones is 1. The van der Waals surface area contributed by atoms with Gasteiger partial charge in [-0.25, -0.2) is 8.78 Å². The summed E-state index contributed by atoms with van der Waals surface area (Å²) in [7, 11) is 0. The van der Waals surface area contributed by atoms with Gasteiger partial charge in [-0.2, -0.15) is 0 Å². The number of rotatable bonds is 3. The lowest BCUT2D eigenvalue weighted by Crippen LogP contribution is -1.99. The highest BCUT2D eigenvalue weighted by Gasteiger charge is 2.13. The zero-order valence-corrected chi connectivity index (χ0v) is 9.81. The minimum Gasteiger partial charge on any atom is -0.507 e. The summed E-state index contributed by atoms with van der Waals surface area (Å²) in [4.78, 5) is 11.8. The summed E-state index contributed by atoms with van der Waals surface area (Å²) in [5.74, 6) is -2.22. The second-order valence-electron chi connectivity index (χ2n) is 3.88. The van der Waals surface area contributed by atoms with Crippen LogP contribution in [-0.4, -0.2) is 10.9 Å². The third-order valence-electron chi connectivity index (χ3n) is 2.54. The largest absolute Gasteiger partial charge is 0.507 e. The lowest BCUT2D eigenvalue weighted by Gasteiger charge is -2.01. The molecule has 0 amide bonds. The van der Waals surface area contributed by atoms with E-state index in [-0.39, 0.29) is 11.4 Å². The first-order chi connectivity index (χ1) is 9.08. The van der Waals surface area contributed by atoms with Crippen molar-refractivity contribution in [3.63, 3.8) is 0 Å². The number of carbonyl (C=O) groups excluding carboxylic acids is 1. The van der Waals surface area contributed by atoms with Crippen LogP contribution >= 0.6 is 0 Å². The molecule has 0 aliphatic carbocycles. The first-order valence-corrected chi connectivity index (χ1v) is 5.53. The topological polar surface area (TPSA) is 37.3 Å². The van der Waals surface area contributed by atoms with Crippen LogP contribution in [0, 0.1) is 11.6 Å². The SMILES string of the molecule is O=C(/C=C/c1ccc(F)cc1)c1c(O)cccc1F. The van der Waals surface area contributed by atoms with E-state index >= 15 is 0 Å². The predicted molar refractivity (Wildman–Crippen MR) is 67.8 cm³/mol. The average Bonchev–Trinajstić information content (AvgIpc) is 2.38. The first-order valence-electron chi connectivity index (χ1n) is 5.53. The molecule has 0 bridgehead atoms. The zero-order valence-electron chi connectivity index (χ0n) is 9.81. The molecule has 0 unspecified atom stereocenters. The molecule has 2 rings (SSSR count). The number of phenolic OH excluding ortho intramolecular Hbond substituents is 1. The highest BCUT2D eigenvalue weighted by molar-refractivity contribution is 6.08. The molecule has 1 N–H and O–H groups in total. The normalized spacial score (nSPS) is 10.8. The Morgan fingerprint density at radius 1 is 1.05 bits per heavy atom. The number of allylic oxidation sites excluding steroid dienone is 1. The summed E-state index contributed by atoms with van der Waals surface area (Å²) in [5.41, 5.74) is 0.228. The van der Waals surface area contributed by atoms with Crippen LogP contribution in [0.4, 0.5) is 8.78 Å². The Morgan fingerprint density at radius 3 is 2.37 bits per heavy atom. The van der Waals surface area contributed by atoms with Gasteiger partial charge in [0.25, 0.3) is 0 Å². The number of benzene rings is 2. The van der Waals surface area contributed by atoms with Crippen LogP contribution in [0.3, 0.4) is 0 Å². The molecule has 0 saturated carbocycles. The van der Waals surface area contributed by atoms with E-state index in [4.69, 9.17) is 0 Å². The van der Waals surface area contributed by atoms with Crippen LogP contribution in [0.2, 0.25) is 0 Å². The molecule has 4 heteroatoms. The fourth-order valence-corrected chi connectivity index (χ4v) is 1.59. The maximum atomic E-state index is 13.4. The average molecular weight is 260 g/mol. The second kappa shape index (κ2) is 5.44. The third kappa shape index (κ3) is 3.04. The van der Waals surface area contributed by atoms with E-state index in [1.807, 2.05) is 0 Å². The molecule has 0 radical (unpaired) electrons. The molecule has 2 aromatic rings. The Balaban J connectivity index is 2.24. The van der Waals surface area contributed by atoms with Gasteiger partial charge < -0.3 is 5.11 Å². The first kappa shape index (κ1) is 13.0. The maximum Gasteiger partial charge on any atom is 0.192 e. The van der Waals surface area contributed by atoms with Crippen molar-refractivity contribution in [2.24, 2.45) is 0 Å². The van der Waals surface area contributed by atoms with Crippen molar-refractivity contribution in [2.45, 2.75) is 0 Å². The molecule has 19 heavy (non-hydrogen) atoms. The van der Waals surface area contributed by atoms with Crippen LogP contribution in [-0.2, 0) is 0 Å². The molecule has 0 aliphatic heterocycles. The maximum absolute atomic E-state index is 13.4. The van der Waals surface area contributed by atoms with Gasteiger partial charge in [0, 0.05) is 0 Å². The van der Waals surface area contributed by atoms with E-state index in [1.165, 1.54) is 42.5 Å². The van der Waals surface area contributed by atoms with Gasteiger partial charge in [-0.3, -0.25) is 4.79 Å². The quantitative estimate of drug-likeness (QED) is 0.676. The molecule has 0 fully saturated rings. The lowest BCUT2D eigenvalue weighted by molar-refractivity contribution is 0.104. The van der Waals surface area contributed by atoms with E-state index in [9.17, 15) is 18.7 Å². The van der Waals surface area contributed by atoms with Gasteiger partial charge in [-0.1, -0.05) is 24.3 Å². The highest BCUT2D eigenvalue weighted by atomic mass is 19.1. The van der Waals surface area contributed by atoms with Gasteiger partial charge in [0.05, 0.1) is 5.56 Å². The highest BCUT2D eigenvalue weighted by Crippen LogP contribution is 2.21. The van der Waals surface area contributed by atoms with E-state index < -0.39 is 17.3 Å². The third-order valence-corrected chi connectivity index (χ3v) is 2.54. The van der Waals surface area contributed by atoms with Crippen molar-refractivity contribution < 1.29 is 18.7 Å². The molecule has 0 saturated heterocycles. The van der Waals surface area contributed by atoms with Crippen molar-refractivity contribution in [3.05, 3.63) is 71.3 Å². The Hall–Kier alpha value is -2.49. The van der Waals surface area contributed by atoms with E-state index in [1.54, 1.807) is 0 Å². The minimum absolute atomic E-state index is 0.374. The van der Waals surface area contributed by atoms with Crippen molar-refractivity contribution in [2.75, 3.05) is 0 Å². The Morgan fingerprint density at radius 2 is 1.74 bits per heavy atom. The number of hydrogen-bond acceptors (Lipinski definition) is 2. The standard InChI is InChI=1S/C15H10F2O2/c16-11-7-4-10(5-8-11)6-9-14(19)15-12(17)2-1-3-13(15)18/h1-9,18H/b9-6+. The summed E-state index contributed by atoms with van der Waals surface area (Å²) in [5, 5.41) is 9.45. The molecule has 0 aliphatic rings. The molecule has 0 aromatic heterocycles. The van der Waals surface area contributed by atoms with E-state index in [0.29, 0.717) is 5.56 Å². The van der Waals surface area contributed by atoms with E-state index in [0.717, 1.165) is 12.1 Å². The summed E-state index contributed by atoms with van der Waals surface area (Å²) in [6.45, 7) is 0. The number of carbonyl (C=O) groups is 1. The Kier molecular flexibility index (Phi) is 3.71. The van der Waals surface area contributed by atoms with Crippen LogP contribution in [0.15, 0.2) is 48.5 Å². The molecular formula is C15H10F2O2. The van der Waals surface area contributed by atoms with Gasteiger partial charge in [0.2, 0.25) is 0 Å². The zero-order chi connectivity index (χ0) is 13.8. The number of hydrogen-bond donors (Lipinski definition) is 1. The molecule has 2 aromatic carbocycles. The summed E-state index contributed by atoms with van der Waals surface area (Å²) in [6, 6.07) is 9.13. The number of phenols is 1. The molecule has 96 valence electrons. The fourth-order valence-electron chi connectivity index (χ4n) is 1.59. The summed E-state index contributed by atoms with van der Waals surface area (Å²) >= 11 is 0. The molecule has 2 nitrogen and oxygen atoms in total. The van der Waals surface area contributed by atoms with Gasteiger partial charge in [0.15, 0.2) is 5.78 Å². The molecule has 0 heterocycles. The van der Waals surface area contributed by atoms with Gasteiger partial charge in [-0.05, 0) is 35.9 Å². The Bertz CT molecular complexity index is 611. The Labute approximate surface area is 108 Å².